The van der Waals surface area contributed by atoms with E-state index in [0.717, 1.165) is 5.56 Å². The molecule has 0 aliphatic rings. The van der Waals surface area contributed by atoms with E-state index in [-0.39, 0.29) is 24.7 Å². The summed E-state index contributed by atoms with van der Waals surface area (Å²) in [6.45, 7) is 0.605. The van der Waals surface area contributed by atoms with E-state index in [1.807, 2.05) is 0 Å². The molecule has 30 heavy (non-hydrogen) atoms. The fourth-order valence-electron chi connectivity index (χ4n) is 2.63. The van der Waals surface area contributed by atoms with Gasteiger partial charge in [-0.05, 0) is 42.8 Å². The molecule has 0 fully saturated rings. The van der Waals surface area contributed by atoms with Crippen molar-refractivity contribution in [3.63, 3.8) is 0 Å². The maximum atomic E-state index is 14.0. The van der Waals surface area contributed by atoms with Gasteiger partial charge in [-0.25, -0.2) is 4.39 Å². The molecule has 3 aromatic rings. The van der Waals surface area contributed by atoms with E-state index in [4.69, 9.17) is 25.6 Å². The largest absolute Gasteiger partial charge is 0.488 e. The zero-order chi connectivity index (χ0) is 21.3. The van der Waals surface area contributed by atoms with Crippen molar-refractivity contribution in [1.82, 2.24) is 10.1 Å². The SMILES string of the molecule is COCCOc1ccc(NC(=O)CCCc2nc(-c3ccc(Cl)cc3)no2)cc1F. The van der Waals surface area contributed by atoms with Gasteiger partial charge in [0.15, 0.2) is 11.6 Å². The summed E-state index contributed by atoms with van der Waals surface area (Å²) in [6.07, 6.45) is 1.19. The molecule has 0 bridgehead atoms. The summed E-state index contributed by atoms with van der Waals surface area (Å²) in [5.74, 6) is 0.230. The number of rotatable bonds is 10. The van der Waals surface area contributed by atoms with Crippen molar-refractivity contribution >= 4 is 23.2 Å². The molecular weight excluding hydrogens is 413 g/mol. The van der Waals surface area contributed by atoms with Gasteiger partial charge in [-0.3, -0.25) is 4.79 Å². The standard InChI is InChI=1S/C21H21ClFN3O4/c1-28-11-12-29-18-10-9-16(13-17(18)23)24-19(27)3-2-4-20-25-21(26-30-20)14-5-7-15(22)8-6-14/h5-10,13H,2-4,11-12H2,1H3,(H,24,27). The maximum Gasteiger partial charge on any atom is 0.226 e. The monoisotopic (exact) mass is 433 g/mol. The Balaban J connectivity index is 1.45. The van der Waals surface area contributed by atoms with Crippen LogP contribution in [-0.2, 0) is 16.0 Å². The molecule has 0 aliphatic heterocycles. The van der Waals surface area contributed by atoms with Crippen LogP contribution in [0.2, 0.25) is 5.02 Å². The van der Waals surface area contributed by atoms with Gasteiger partial charge >= 0.3 is 0 Å². The van der Waals surface area contributed by atoms with Crippen LogP contribution in [0.25, 0.3) is 11.4 Å². The Labute approximate surface area is 178 Å². The molecule has 0 saturated heterocycles. The molecule has 7 nitrogen and oxygen atoms in total. The summed E-state index contributed by atoms with van der Waals surface area (Å²) in [7, 11) is 1.54. The van der Waals surface area contributed by atoms with Crippen LogP contribution >= 0.6 is 11.6 Å². The van der Waals surface area contributed by atoms with E-state index in [1.54, 1.807) is 30.3 Å². The Morgan fingerprint density at radius 2 is 2.00 bits per heavy atom. The number of hydrogen-bond donors (Lipinski definition) is 1. The van der Waals surface area contributed by atoms with Crippen LogP contribution < -0.4 is 10.1 Å². The number of ether oxygens (including phenoxy) is 2. The number of carbonyl (C=O) groups excluding carboxylic acids is 1. The van der Waals surface area contributed by atoms with Gasteiger partial charge in [-0.15, -0.1) is 0 Å². The third-order valence-electron chi connectivity index (χ3n) is 4.13. The fourth-order valence-corrected chi connectivity index (χ4v) is 2.75. The number of nitrogens with one attached hydrogen (secondary N) is 1. The number of nitrogens with zero attached hydrogens (tertiary/aromatic N) is 2. The second-order valence-corrected chi connectivity index (χ2v) is 6.84. The summed E-state index contributed by atoms with van der Waals surface area (Å²) in [5, 5.41) is 7.22. The van der Waals surface area contributed by atoms with Crippen LogP contribution in [-0.4, -0.2) is 36.4 Å². The minimum absolute atomic E-state index is 0.109. The Morgan fingerprint density at radius 3 is 2.73 bits per heavy atom. The number of aryl methyl sites for hydroxylation is 1. The van der Waals surface area contributed by atoms with Crippen LogP contribution in [0.3, 0.4) is 0 Å². The topological polar surface area (TPSA) is 86.5 Å². The van der Waals surface area contributed by atoms with Gasteiger partial charge in [-0.1, -0.05) is 16.8 Å². The van der Waals surface area contributed by atoms with Crippen molar-refractivity contribution in [2.75, 3.05) is 25.6 Å². The summed E-state index contributed by atoms with van der Waals surface area (Å²) >= 11 is 5.87. The highest BCUT2D eigenvalue weighted by molar-refractivity contribution is 6.30. The zero-order valence-corrected chi connectivity index (χ0v) is 17.1. The molecule has 0 aliphatic carbocycles. The minimum Gasteiger partial charge on any atom is -0.488 e. The zero-order valence-electron chi connectivity index (χ0n) is 16.4. The first-order valence-corrected chi connectivity index (χ1v) is 9.72. The lowest BCUT2D eigenvalue weighted by Crippen LogP contribution is -2.12. The molecule has 0 atom stereocenters. The number of benzene rings is 2. The van der Waals surface area contributed by atoms with Crippen molar-refractivity contribution < 1.29 is 23.2 Å². The quantitative estimate of drug-likeness (QED) is 0.473. The first-order valence-electron chi connectivity index (χ1n) is 9.35. The van der Waals surface area contributed by atoms with E-state index >= 15 is 0 Å². The van der Waals surface area contributed by atoms with E-state index in [2.05, 4.69) is 15.5 Å². The maximum absolute atomic E-state index is 14.0. The van der Waals surface area contributed by atoms with E-state index in [0.29, 0.717) is 41.9 Å². The number of anilines is 1. The Kier molecular flexibility index (Phi) is 7.75. The van der Waals surface area contributed by atoms with Gasteiger partial charge in [0.25, 0.3) is 0 Å². The normalized spacial score (nSPS) is 10.8. The van der Waals surface area contributed by atoms with Gasteiger partial charge in [0.2, 0.25) is 17.6 Å². The van der Waals surface area contributed by atoms with E-state index in [1.165, 1.54) is 19.2 Å². The third kappa shape index (κ3) is 6.27. The van der Waals surface area contributed by atoms with Crippen LogP contribution in [0.5, 0.6) is 5.75 Å². The van der Waals surface area contributed by atoms with Crippen LogP contribution in [0.15, 0.2) is 47.0 Å². The van der Waals surface area contributed by atoms with Crippen LogP contribution in [0.1, 0.15) is 18.7 Å². The van der Waals surface area contributed by atoms with Gasteiger partial charge in [0.1, 0.15) is 6.61 Å². The smallest absolute Gasteiger partial charge is 0.226 e. The molecule has 1 heterocycles. The summed E-state index contributed by atoms with van der Waals surface area (Å²) in [5.41, 5.74) is 1.16. The molecule has 0 unspecified atom stereocenters. The molecule has 1 N–H and O–H groups in total. The van der Waals surface area contributed by atoms with Crippen molar-refractivity contribution in [3.05, 3.63) is 59.2 Å². The first-order chi connectivity index (χ1) is 14.5. The Bertz CT molecular complexity index is 979. The van der Waals surface area contributed by atoms with E-state index < -0.39 is 5.82 Å². The van der Waals surface area contributed by atoms with Crippen molar-refractivity contribution in [3.8, 4) is 17.1 Å². The molecule has 2 aromatic carbocycles. The van der Waals surface area contributed by atoms with Gasteiger partial charge in [0.05, 0.1) is 6.61 Å². The van der Waals surface area contributed by atoms with Gasteiger partial charge < -0.3 is 19.3 Å². The van der Waals surface area contributed by atoms with Crippen molar-refractivity contribution in [1.29, 1.82) is 0 Å². The fraction of sp³-hybridized carbons (Fsp3) is 0.286. The second kappa shape index (κ2) is 10.7. The summed E-state index contributed by atoms with van der Waals surface area (Å²) in [4.78, 5) is 16.4. The molecule has 0 spiro atoms. The van der Waals surface area contributed by atoms with Gasteiger partial charge in [-0.2, -0.15) is 4.98 Å². The predicted molar refractivity (Wildman–Crippen MR) is 110 cm³/mol. The van der Waals surface area contributed by atoms with Crippen molar-refractivity contribution in [2.24, 2.45) is 0 Å². The second-order valence-electron chi connectivity index (χ2n) is 6.41. The summed E-state index contributed by atoms with van der Waals surface area (Å²) < 4.78 is 29.3. The van der Waals surface area contributed by atoms with Crippen LogP contribution in [0.4, 0.5) is 10.1 Å². The molecular formula is C21H21ClFN3O4. The molecule has 1 amide bonds. The minimum atomic E-state index is -0.551. The molecule has 3 rings (SSSR count). The highest BCUT2D eigenvalue weighted by Gasteiger charge is 2.11. The number of hydrogen-bond acceptors (Lipinski definition) is 6. The highest BCUT2D eigenvalue weighted by Crippen LogP contribution is 2.22. The Hall–Kier alpha value is -2.97. The van der Waals surface area contributed by atoms with Crippen molar-refractivity contribution in [2.45, 2.75) is 19.3 Å². The lowest BCUT2D eigenvalue weighted by molar-refractivity contribution is -0.116. The molecule has 1 aromatic heterocycles. The number of aromatic nitrogens is 2. The molecule has 9 heteroatoms. The average molecular weight is 434 g/mol. The third-order valence-corrected chi connectivity index (χ3v) is 4.38. The summed E-state index contributed by atoms with van der Waals surface area (Å²) in [6, 6.07) is 11.4. The first kappa shape index (κ1) is 21.7. The number of halogens is 2. The number of methoxy groups -OCH3 is 1. The van der Waals surface area contributed by atoms with Gasteiger partial charge in [0, 0.05) is 42.3 Å². The highest BCUT2D eigenvalue weighted by atomic mass is 35.5. The van der Waals surface area contributed by atoms with Crippen LogP contribution in [0, 0.1) is 5.82 Å². The molecule has 0 radical (unpaired) electrons. The lowest BCUT2D eigenvalue weighted by atomic mass is 10.2. The number of amides is 1. The molecule has 158 valence electrons. The Morgan fingerprint density at radius 1 is 1.20 bits per heavy atom. The lowest BCUT2D eigenvalue weighted by Gasteiger charge is -2.09. The van der Waals surface area contributed by atoms with E-state index in [9.17, 15) is 9.18 Å². The average Bonchev–Trinajstić information content (AvgIpc) is 3.19. The predicted octanol–water partition coefficient (Wildman–Crippen LogP) is 4.52. The molecule has 0 saturated carbocycles. The number of carbonyl (C=O) groups is 1.